The van der Waals surface area contributed by atoms with E-state index in [0.717, 1.165) is 35.4 Å². The Morgan fingerprint density at radius 1 is 1.24 bits per heavy atom. The minimum Gasteiger partial charge on any atom is -0.398 e. The fourth-order valence-electron chi connectivity index (χ4n) is 2.76. The summed E-state index contributed by atoms with van der Waals surface area (Å²) in [4.78, 5) is 13.5. The van der Waals surface area contributed by atoms with E-state index in [1.54, 1.807) is 12.1 Å². The summed E-state index contributed by atoms with van der Waals surface area (Å²) >= 11 is 3.53. The molecule has 0 fully saturated rings. The number of benzene rings is 2. The summed E-state index contributed by atoms with van der Waals surface area (Å²) in [5, 5.41) is 0. The average Bonchev–Trinajstić information content (AvgIpc) is 2.47. The number of amides is 1. The van der Waals surface area contributed by atoms with E-state index in [4.69, 9.17) is 11.5 Å². The largest absolute Gasteiger partial charge is 0.398 e. The van der Waals surface area contributed by atoms with Crippen LogP contribution in [0.2, 0.25) is 0 Å². The van der Waals surface area contributed by atoms with Gasteiger partial charge in [0.25, 0.3) is 0 Å². The van der Waals surface area contributed by atoms with Crippen LogP contribution >= 0.6 is 15.9 Å². The molecule has 0 saturated carbocycles. The molecular formula is C16H16BrN3O. The van der Waals surface area contributed by atoms with E-state index in [2.05, 4.69) is 26.9 Å². The third-order valence-electron chi connectivity index (χ3n) is 3.88. The summed E-state index contributed by atoms with van der Waals surface area (Å²) in [6.45, 7) is 1.71. The number of primary amides is 1. The van der Waals surface area contributed by atoms with Crippen molar-refractivity contribution >= 4 is 33.2 Å². The molecule has 0 radical (unpaired) electrons. The Balaban J connectivity index is 1.91. The SMILES string of the molecule is NC(=O)c1ccc(N2CCc3c(N)cccc3C2)c(Br)c1. The fourth-order valence-corrected chi connectivity index (χ4v) is 3.39. The molecule has 4 N–H and O–H groups in total. The number of nitrogen functional groups attached to an aromatic ring is 1. The predicted molar refractivity (Wildman–Crippen MR) is 88.3 cm³/mol. The maximum atomic E-state index is 11.2. The molecule has 2 aromatic carbocycles. The van der Waals surface area contributed by atoms with Gasteiger partial charge in [0.1, 0.15) is 0 Å². The van der Waals surface area contributed by atoms with Crippen LogP contribution in [0.4, 0.5) is 11.4 Å². The molecule has 4 nitrogen and oxygen atoms in total. The molecule has 0 bridgehead atoms. The van der Waals surface area contributed by atoms with Gasteiger partial charge < -0.3 is 16.4 Å². The lowest BCUT2D eigenvalue weighted by Crippen LogP contribution is -2.31. The zero-order valence-corrected chi connectivity index (χ0v) is 13.1. The highest BCUT2D eigenvalue weighted by atomic mass is 79.9. The molecule has 1 aliphatic heterocycles. The summed E-state index contributed by atoms with van der Waals surface area (Å²) in [6, 6.07) is 11.5. The quantitative estimate of drug-likeness (QED) is 0.822. The van der Waals surface area contributed by atoms with Crippen molar-refractivity contribution in [1.82, 2.24) is 0 Å². The molecule has 108 valence electrons. The predicted octanol–water partition coefficient (Wildman–Crippen LogP) is 2.69. The van der Waals surface area contributed by atoms with Crippen LogP contribution in [-0.2, 0) is 13.0 Å². The molecule has 0 atom stereocenters. The van der Waals surface area contributed by atoms with Crippen LogP contribution in [-0.4, -0.2) is 12.5 Å². The second-order valence-corrected chi connectivity index (χ2v) is 6.04. The Morgan fingerprint density at radius 2 is 2.05 bits per heavy atom. The molecule has 5 heteroatoms. The van der Waals surface area contributed by atoms with E-state index < -0.39 is 5.91 Å². The summed E-state index contributed by atoms with van der Waals surface area (Å²) < 4.78 is 0.881. The molecular weight excluding hydrogens is 330 g/mol. The Hall–Kier alpha value is -2.01. The standard InChI is InChI=1S/C16H16BrN3O/c17-13-8-10(16(19)21)4-5-15(13)20-7-6-12-11(9-20)2-1-3-14(12)18/h1-5,8H,6-7,9,18H2,(H2,19,21). The summed E-state index contributed by atoms with van der Waals surface area (Å²) in [7, 11) is 0. The van der Waals surface area contributed by atoms with Gasteiger partial charge >= 0.3 is 0 Å². The molecule has 0 aromatic heterocycles. The van der Waals surface area contributed by atoms with Gasteiger partial charge in [-0.1, -0.05) is 12.1 Å². The van der Waals surface area contributed by atoms with Crippen LogP contribution in [0.1, 0.15) is 21.5 Å². The first-order valence-corrected chi connectivity index (χ1v) is 7.56. The van der Waals surface area contributed by atoms with E-state index in [9.17, 15) is 4.79 Å². The van der Waals surface area contributed by atoms with Crippen molar-refractivity contribution in [3.05, 3.63) is 57.6 Å². The number of nitrogens with zero attached hydrogens (tertiary/aromatic N) is 1. The molecule has 0 unspecified atom stereocenters. The number of hydrogen-bond acceptors (Lipinski definition) is 3. The lowest BCUT2D eigenvalue weighted by Gasteiger charge is -2.32. The van der Waals surface area contributed by atoms with Gasteiger partial charge in [0, 0.05) is 28.8 Å². The number of hydrogen-bond donors (Lipinski definition) is 2. The third-order valence-corrected chi connectivity index (χ3v) is 4.51. The Kier molecular flexibility index (Phi) is 3.59. The van der Waals surface area contributed by atoms with E-state index in [1.807, 2.05) is 18.2 Å². The van der Waals surface area contributed by atoms with Gasteiger partial charge in [-0.3, -0.25) is 4.79 Å². The molecule has 1 aliphatic rings. The van der Waals surface area contributed by atoms with Crippen molar-refractivity contribution < 1.29 is 4.79 Å². The van der Waals surface area contributed by atoms with Crippen LogP contribution in [0.25, 0.3) is 0 Å². The number of carbonyl (C=O) groups excluding carboxylic acids is 1. The van der Waals surface area contributed by atoms with Gasteiger partial charge in [0.05, 0.1) is 5.69 Å². The van der Waals surface area contributed by atoms with Crippen LogP contribution < -0.4 is 16.4 Å². The molecule has 0 aliphatic carbocycles. The minimum atomic E-state index is -0.418. The fraction of sp³-hybridized carbons (Fsp3) is 0.188. The molecule has 1 amide bonds. The lowest BCUT2D eigenvalue weighted by atomic mass is 9.97. The van der Waals surface area contributed by atoms with Crippen molar-refractivity contribution in [2.45, 2.75) is 13.0 Å². The van der Waals surface area contributed by atoms with Gasteiger partial charge in [-0.15, -0.1) is 0 Å². The highest BCUT2D eigenvalue weighted by Gasteiger charge is 2.20. The normalized spacial score (nSPS) is 13.9. The summed E-state index contributed by atoms with van der Waals surface area (Å²) in [5.74, 6) is -0.418. The van der Waals surface area contributed by atoms with Crippen LogP contribution in [0, 0.1) is 0 Å². The van der Waals surface area contributed by atoms with Crippen molar-refractivity contribution in [3.63, 3.8) is 0 Å². The zero-order chi connectivity index (χ0) is 15.0. The van der Waals surface area contributed by atoms with Crippen molar-refractivity contribution in [2.24, 2.45) is 5.73 Å². The first-order chi connectivity index (χ1) is 10.1. The van der Waals surface area contributed by atoms with Gasteiger partial charge in [-0.05, 0) is 57.7 Å². The second kappa shape index (κ2) is 5.41. The van der Waals surface area contributed by atoms with E-state index in [0.29, 0.717) is 5.56 Å². The maximum Gasteiger partial charge on any atom is 0.248 e. The molecule has 21 heavy (non-hydrogen) atoms. The number of nitrogens with two attached hydrogens (primary N) is 2. The van der Waals surface area contributed by atoms with Gasteiger partial charge in [0.15, 0.2) is 0 Å². The van der Waals surface area contributed by atoms with E-state index in [-0.39, 0.29) is 0 Å². The van der Waals surface area contributed by atoms with Crippen LogP contribution in [0.15, 0.2) is 40.9 Å². The minimum absolute atomic E-state index is 0.418. The number of carbonyl (C=O) groups is 1. The summed E-state index contributed by atoms with van der Waals surface area (Å²) in [6.07, 6.45) is 0.923. The Bertz CT molecular complexity index is 715. The van der Waals surface area contributed by atoms with Crippen LogP contribution in [0.5, 0.6) is 0 Å². The van der Waals surface area contributed by atoms with Crippen LogP contribution in [0.3, 0.4) is 0 Å². The first kappa shape index (κ1) is 13.9. The number of anilines is 2. The van der Waals surface area contributed by atoms with Crippen molar-refractivity contribution in [2.75, 3.05) is 17.2 Å². The summed E-state index contributed by atoms with van der Waals surface area (Å²) in [5.41, 5.74) is 16.3. The third kappa shape index (κ3) is 2.61. The highest BCUT2D eigenvalue weighted by Crippen LogP contribution is 2.32. The molecule has 1 heterocycles. The average molecular weight is 346 g/mol. The van der Waals surface area contributed by atoms with Gasteiger partial charge in [-0.2, -0.15) is 0 Å². The zero-order valence-electron chi connectivity index (χ0n) is 11.5. The van der Waals surface area contributed by atoms with E-state index in [1.165, 1.54) is 11.1 Å². The first-order valence-electron chi connectivity index (χ1n) is 6.77. The monoisotopic (exact) mass is 345 g/mol. The smallest absolute Gasteiger partial charge is 0.248 e. The Morgan fingerprint density at radius 3 is 2.76 bits per heavy atom. The highest BCUT2D eigenvalue weighted by molar-refractivity contribution is 9.10. The van der Waals surface area contributed by atoms with Gasteiger partial charge in [-0.25, -0.2) is 0 Å². The lowest BCUT2D eigenvalue weighted by molar-refractivity contribution is 0.100. The van der Waals surface area contributed by atoms with Gasteiger partial charge in [0.2, 0.25) is 5.91 Å². The maximum absolute atomic E-state index is 11.2. The van der Waals surface area contributed by atoms with E-state index >= 15 is 0 Å². The van der Waals surface area contributed by atoms with Crippen molar-refractivity contribution in [1.29, 1.82) is 0 Å². The molecule has 0 saturated heterocycles. The second-order valence-electron chi connectivity index (χ2n) is 5.19. The number of fused-ring (bicyclic) bond motifs is 1. The molecule has 2 aromatic rings. The Labute approximate surface area is 131 Å². The number of rotatable bonds is 2. The molecule has 3 rings (SSSR count). The molecule has 0 spiro atoms. The topological polar surface area (TPSA) is 72.4 Å². The number of halogens is 1. The van der Waals surface area contributed by atoms with Crippen molar-refractivity contribution in [3.8, 4) is 0 Å².